The Kier molecular flexibility index (Phi) is 2.59. The van der Waals surface area contributed by atoms with Crippen molar-refractivity contribution in [1.82, 2.24) is 4.98 Å². The van der Waals surface area contributed by atoms with Gasteiger partial charge in [-0.3, -0.25) is 4.98 Å². The van der Waals surface area contributed by atoms with Crippen LogP contribution in [0.2, 0.25) is 10.0 Å². The Morgan fingerprint density at radius 3 is 2.71 bits per heavy atom. The van der Waals surface area contributed by atoms with E-state index in [2.05, 4.69) is 4.98 Å². The van der Waals surface area contributed by atoms with Gasteiger partial charge in [-0.2, -0.15) is 0 Å². The molecule has 0 aliphatic rings. The lowest BCUT2D eigenvalue weighted by molar-refractivity contribution is 0.277. The van der Waals surface area contributed by atoms with Crippen molar-refractivity contribution in [3.63, 3.8) is 0 Å². The minimum atomic E-state index is -0.0833. The molecule has 0 aliphatic carbocycles. The van der Waals surface area contributed by atoms with Crippen LogP contribution in [0, 0.1) is 0 Å². The summed E-state index contributed by atoms with van der Waals surface area (Å²) in [5, 5.41) is 10.9. The fourth-order valence-electron chi connectivity index (χ4n) is 1.29. The topological polar surface area (TPSA) is 33.1 Å². The van der Waals surface area contributed by atoms with Crippen LogP contribution in [0.3, 0.4) is 0 Å². The molecule has 2 nitrogen and oxygen atoms in total. The number of halogens is 2. The summed E-state index contributed by atoms with van der Waals surface area (Å²) in [5.74, 6) is 0. The lowest BCUT2D eigenvalue weighted by Crippen LogP contribution is -1.89. The van der Waals surface area contributed by atoms with Gasteiger partial charge in [0.05, 0.1) is 22.8 Å². The summed E-state index contributed by atoms with van der Waals surface area (Å²) in [5.41, 5.74) is 1.31. The third-order valence-corrected chi connectivity index (χ3v) is 2.47. The molecule has 1 aromatic carbocycles. The van der Waals surface area contributed by atoms with Crippen molar-refractivity contribution >= 4 is 34.1 Å². The first-order valence-electron chi connectivity index (χ1n) is 4.06. The van der Waals surface area contributed by atoms with Crippen LogP contribution >= 0.6 is 23.2 Å². The van der Waals surface area contributed by atoms with Gasteiger partial charge in [-0.1, -0.05) is 23.2 Å². The molecule has 2 rings (SSSR count). The highest BCUT2D eigenvalue weighted by atomic mass is 35.5. The molecular formula is C10H7Cl2NO. The number of benzene rings is 1. The third-order valence-electron chi connectivity index (χ3n) is 1.94. The summed E-state index contributed by atoms with van der Waals surface area (Å²) in [6.07, 6.45) is 0. The van der Waals surface area contributed by atoms with Crippen LogP contribution in [0.1, 0.15) is 5.69 Å². The first-order chi connectivity index (χ1) is 6.70. The maximum atomic E-state index is 8.91. The molecule has 0 fully saturated rings. The smallest absolute Gasteiger partial charge is 0.0853 e. The summed E-state index contributed by atoms with van der Waals surface area (Å²) in [7, 11) is 0. The number of nitrogens with zero attached hydrogens (tertiary/aromatic N) is 1. The maximum absolute atomic E-state index is 8.91. The van der Waals surface area contributed by atoms with Crippen LogP contribution in [0.4, 0.5) is 0 Å². The van der Waals surface area contributed by atoms with E-state index in [0.717, 1.165) is 5.39 Å². The normalized spacial score (nSPS) is 10.8. The molecule has 0 radical (unpaired) electrons. The van der Waals surface area contributed by atoms with Crippen molar-refractivity contribution in [2.24, 2.45) is 0 Å². The van der Waals surface area contributed by atoms with Crippen LogP contribution in [-0.2, 0) is 6.61 Å². The summed E-state index contributed by atoms with van der Waals surface area (Å²) in [4.78, 5) is 4.20. The second-order valence-electron chi connectivity index (χ2n) is 2.92. The van der Waals surface area contributed by atoms with Gasteiger partial charge in [0.1, 0.15) is 0 Å². The first kappa shape index (κ1) is 9.71. The molecule has 0 saturated heterocycles. The van der Waals surface area contributed by atoms with E-state index in [4.69, 9.17) is 28.3 Å². The summed E-state index contributed by atoms with van der Waals surface area (Å²) in [6, 6.07) is 6.96. The monoisotopic (exact) mass is 227 g/mol. The zero-order valence-electron chi connectivity index (χ0n) is 7.17. The van der Waals surface area contributed by atoms with E-state index in [-0.39, 0.29) is 6.61 Å². The van der Waals surface area contributed by atoms with Gasteiger partial charge in [0, 0.05) is 10.4 Å². The number of aliphatic hydroxyl groups is 1. The Balaban J connectivity index is 2.75. The van der Waals surface area contributed by atoms with Crippen molar-refractivity contribution in [1.29, 1.82) is 0 Å². The molecule has 1 N–H and O–H groups in total. The highest BCUT2D eigenvalue weighted by molar-refractivity contribution is 6.38. The molecule has 0 amide bonds. The molecule has 0 saturated carbocycles. The minimum absolute atomic E-state index is 0.0833. The standard InChI is InChI=1S/C10H7Cl2NO/c11-6-3-9(12)8-2-1-7(5-14)13-10(8)4-6/h1-4,14H,5H2. The molecule has 4 heteroatoms. The maximum Gasteiger partial charge on any atom is 0.0853 e. The van der Waals surface area contributed by atoms with Crippen LogP contribution < -0.4 is 0 Å². The van der Waals surface area contributed by atoms with Gasteiger partial charge in [0.2, 0.25) is 0 Å². The number of aromatic nitrogens is 1. The molecule has 0 bridgehead atoms. The fourth-order valence-corrected chi connectivity index (χ4v) is 1.83. The van der Waals surface area contributed by atoms with E-state index in [0.29, 0.717) is 21.3 Å². The van der Waals surface area contributed by atoms with E-state index in [1.54, 1.807) is 18.2 Å². The molecule has 1 heterocycles. The average molecular weight is 228 g/mol. The molecule has 1 aromatic heterocycles. The van der Waals surface area contributed by atoms with Crippen LogP contribution in [0.5, 0.6) is 0 Å². The van der Waals surface area contributed by atoms with E-state index in [1.165, 1.54) is 0 Å². The largest absolute Gasteiger partial charge is 0.390 e. The Morgan fingerprint density at radius 2 is 2.00 bits per heavy atom. The summed E-state index contributed by atoms with van der Waals surface area (Å²) >= 11 is 11.8. The van der Waals surface area contributed by atoms with Gasteiger partial charge in [-0.05, 0) is 24.3 Å². The first-order valence-corrected chi connectivity index (χ1v) is 4.82. The molecule has 14 heavy (non-hydrogen) atoms. The molecular weight excluding hydrogens is 221 g/mol. The quantitative estimate of drug-likeness (QED) is 0.813. The minimum Gasteiger partial charge on any atom is -0.390 e. The van der Waals surface area contributed by atoms with E-state index in [1.807, 2.05) is 6.07 Å². The SMILES string of the molecule is OCc1ccc2c(Cl)cc(Cl)cc2n1. The molecule has 72 valence electrons. The number of aliphatic hydroxyl groups excluding tert-OH is 1. The van der Waals surface area contributed by atoms with E-state index in [9.17, 15) is 0 Å². The summed E-state index contributed by atoms with van der Waals surface area (Å²) in [6.45, 7) is -0.0833. The number of hydrogen-bond acceptors (Lipinski definition) is 2. The number of rotatable bonds is 1. The lowest BCUT2D eigenvalue weighted by atomic mass is 10.2. The fraction of sp³-hybridized carbons (Fsp3) is 0.100. The Morgan fingerprint density at radius 1 is 1.21 bits per heavy atom. The van der Waals surface area contributed by atoms with Gasteiger partial charge in [0.25, 0.3) is 0 Å². The predicted molar refractivity (Wildman–Crippen MR) is 57.7 cm³/mol. The van der Waals surface area contributed by atoms with Crippen molar-refractivity contribution in [2.45, 2.75) is 6.61 Å². The second kappa shape index (κ2) is 3.73. The number of hydrogen-bond donors (Lipinski definition) is 1. The van der Waals surface area contributed by atoms with Crippen LogP contribution in [-0.4, -0.2) is 10.1 Å². The van der Waals surface area contributed by atoms with Gasteiger partial charge in [-0.15, -0.1) is 0 Å². The molecule has 0 spiro atoms. The average Bonchev–Trinajstić information content (AvgIpc) is 2.16. The molecule has 2 aromatic rings. The Hall–Kier alpha value is -0.830. The van der Waals surface area contributed by atoms with Crippen molar-refractivity contribution in [3.05, 3.63) is 40.0 Å². The molecule has 0 atom stereocenters. The molecule has 0 unspecified atom stereocenters. The van der Waals surface area contributed by atoms with Gasteiger partial charge >= 0.3 is 0 Å². The Bertz CT molecular complexity index is 485. The highest BCUT2D eigenvalue weighted by Gasteiger charge is 2.03. The van der Waals surface area contributed by atoms with E-state index < -0.39 is 0 Å². The zero-order valence-corrected chi connectivity index (χ0v) is 8.68. The zero-order chi connectivity index (χ0) is 10.1. The van der Waals surface area contributed by atoms with Gasteiger partial charge in [-0.25, -0.2) is 0 Å². The third kappa shape index (κ3) is 1.69. The second-order valence-corrected chi connectivity index (χ2v) is 3.76. The Labute approximate surface area is 91.1 Å². The van der Waals surface area contributed by atoms with Crippen molar-refractivity contribution in [2.75, 3.05) is 0 Å². The van der Waals surface area contributed by atoms with Crippen LogP contribution in [0.15, 0.2) is 24.3 Å². The van der Waals surface area contributed by atoms with Crippen molar-refractivity contribution < 1.29 is 5.11 Å². The highest BCUT2D eigenvalue weighted by Crippen LogP contribution is 2.26. The number of fused-ring (bicyclic) bond motifs is 1. The van der Waals surface area contributed by atoms with Crippen LogP contribution in [0.25, 0.3) is 10.9 Å². The lowest BCUT2D eigenvalue weighted by Gasteiger charge is -2.02. The van der Waals surface area contributed by atoms with Crippen molar-refractivity contribution in [3.8, 4) is 0 Å². The van der Waals surface area contributed by atoms with Gasteiger partial charge < -0.3 is 5.11 Å². The molecule has 0 aliphatic heterocycles. The summed E-state index contributed by atoms with van der Waals surface area (Å²) < 4.78 is 0. The predicted octanol–water partition coefficient (Wildman–Crippen LogP) is 3.03. The van der Waals surface area contributed by atoms with E-state index >= 15 is 0 Å². The number of pyridine rings is 1. The van der Waals surface area contributed by atoms with Gasteiger partial charge in [0.15, 0.2) is 0 Å².